The zero-order valence-electron chi connectivity index (χ0n) is 18.5. The zero-order chi connectivity index (χ0) is 24.1. The molecule has 9 heteroatoms. The molecule has 0 radical (unpaired) electrons. The molecule has 1 aromatic heterocycles. The van der Waals surface area contributed by atoms with Gasteiger partial charge in [-0.15, -0.1) is 0 Å². The Bertz CT molecular complexity index is 1210. The third kappa shape index (κ3) is 6.05. The molecule has 1 fully saturated rings. The molecule has 1 aliphatic heterocycles. The van der Waals surface area contributed by atoms with Gasteiger partial charge in [0, 0.05) is 0 Å². The minimum atomic E-state index is -0.784. The van der Waals surface area contributed by atoms with Crippen LogP contribution >= 0.6 is 11.8 Å². The summed E-state index contributed by atoms with van der Waals surface area (Å²) in [5.41, 5.74) is 2.48. The van der Waals surface area contributed by atoms with Gasteiger partial charge in [0.05, 0.1) is 18.3 Å². The van der Waals surface area contributed by atoms with Gasteiger partial charge in [0.2, 0.25) is 0 Å². The van der Waals surface area contributed by atoms with Crippen molar-refractivity contribution < 1.29 is 33.0 Å². The first-order valence-corrected chi connectivity index (χ1v) is 11.6. The standard InChI is InChI=1S/C25H24O8S/c1-15-21(33-25(29)32-15)13-31-22(18-4-2-3-17(9-18)12-26)14-30-19-7-5-16(6-8-19)10-23-20(27)11-24(28)34-23/h2-9,22-23,26H,10-14H2,1H3. The monoisotopic (exact) mass is 484 g/mol. The van der Waals surface area contributed by atoms with E-state index in [1.807, 2.05) is 42.5 Å². The molecule has 0 amide bonds. The molecule has 1 aliphatic rings. The lowest BCUT2D eigenvalue weighted by Gasteiger charge is -2.19. The fourth-order valence-corrected chi connectivity index (χ4v) is 4.63. The number of hydrogen-bond acceptors (Lipinski definition) is 9. The number of ketones is 1. The van der Waals surface area contributed by atoms with Gasteiger partial charge in [-0.05, 0) is 42.2 Å². The third-order valence-corrected chi connectivity index (χ3v) is 6.58. The molecule has 0 bridgehead atoms. The van der Waals surface area contributed by atoms with E-state index in [1.165, 1.54) is 0 Å². The summed E-state index contributed by atoms with van der Waals surface area (Å²) in [6.07, 6.45) is 0.00558. The number of Topliss-reactive ketones (excluding diaryl/α,β-unsaturated/α-hetero) is 1. The van der Waals surface area contributed by atoms with Gasteiger partial charge < -0.3 is 23.4 Å². The summed E-state index contributed by atoms with van der Waals surface area (Å²) < 4.78 is 21.8. The van der Waals surface area contributed by atoms with Crippen LogP contribution in [0.4, 0.5) is 0 Å². The maximum Gasteiger partial charge on any atom is 0.519 e. The molecule has 0 aliphatic carbocycles. The van der Waals surface area contributed by atoms with Crippen LogP contribution in [0.5, 0.6) is 5.75 Å². The molecule has 2 atom stereocenters. The van der Waals surface area contributed by atoms with Gasteiger partial charge in [-0.25, -0.2) is 4.79 Å². The van der Waals surface area contributed by atoms with E-state index in [2.05, 4.69) is 0 Å². The average molecular weight is 485 g/mol. The summed E-state index contributed by atoms with van der Waals surface area (Å²) in [5.74, 6) is 0.459. The predicted octanol–water partition coefficient (Wildman–Crippen LogP) is 3.51. The molecule has 3 aromatic rings. The van der Waals surface area contributed by atoms with Crippen molar-refractivity contribution in [2.75, 3.05) is 6.61 Å². The second-order valence-electron chi connectivity index (χ2n) is 7.92. The fraction of sp³-hybridized carbons (Fsp3) is 0.320. The minimum Gasteiger partial charge on any atom is -0.491 e. The number of rotatable bonds is 10. The molecular formula is C25H24O8S. The predicted molar refractivity (Wildman–Crippen MR) is 124 cm³/mol. The van der Waals surface area contributed by atoms with E-state index in [1.54, 1.807) is 13.0 Å². The van der Waals surface area contributed by atoms with Crippen molar-refractivity contribution in [1.29, 1.82) is 0 Å². The highest BCUT2D eigenvalue weighted by atomic mass is 32.2. The van der Waals surface area contributed by atoms with Crippen molar-refractivity contribution in [1.82, 2.24) is 0 Å². The first-order chi connectivity index (χ1) is 16.4. The number of ether oxygens (including phenoxy) is 2. The lowest BCUT2D eigenvalue weighted by atomic mass is 10.1. The fourth-order valence-electron chi connectivity index (χ4n) is 3.60. The molecule has 4 rings (SSSR count). The van der Waals surface area contributed by atoms with Crippen molar-refractivity contribution in [3.63, 3.8) is 0 Å². The van der Waals surface area contributed by atoms with E-state index < -0.39 is 11.9 Å². The highest BCUT2D eigenvalue weighted by Gasteiger charge is 2.31. The van der Waals surface area contributed by atoms with Crippen LogP contribution in [0.15, 0.2) is 62.2 Å². The van der Waals surface area contributed by atoms with Crippen LogP contribution in [0.3, 0.4) is 0 Å². The van der Waals surface area contributed by atoms with Crippen LogP contribution in [-0.4, -0.2) is 27.9 Å². The molecule has 8 nitrogen and oxygen atoms in total. The van der Waals surface area contributed by atoms with Gasteiger partial charge in [0.1, 0.15) is 30.8 Å². The number of thioether (sulfide) groups is 1. The van der Waals surface area contributed by atoms with Crippen LogP contribution < -0.4 is 10.6 Å². The molecule has 2 unspecified atom stereocenters. The lowest BCUT2D eigenvalue weighted by molar-refractivity contribution is -0.121. The first kappa shape index (κ1) is 24.0. The van der Waals surface area contributed by atoms with Crippen LogP contribution in [0.1, 0.15) is 40.7 Å². The Morgan fingerprint density at radius 3 is 2.53 bits per heavy atom. The van der Waals surface area contributed by atoms with E-state index in [4.69, 9.17) is 18.3 Å². The maximum absolute atomic E-state index is 11.9. The zero-order valence-corrected chi connectivity index (χ0v) is 19.3. The number of carbonyl (C=O) groups is 2. The Hall–Kier alpha value is -3.14. The summed E-state index contributed by atoms with van der Waals surface area (Å²) in [6, 6.07) is 14.7. The smallest absolute Gasteiger partial charge is 0.491 e. The van der Waals surface area contributed by atoms with Crippen LogP contribution in [-0.2, 0) is 34.0 Å². The molecular weight excluding hydrogens is 460 g/mol. The molecule has 2 aromatic carbocycles. The second-order valence-corrected chi connectivity index (χ2v) is 9.18. The Labute approximate surface area is 199 Å². The molecule has 2 heterocycles. The van der Waals surface area contributed by atoms with Gasteiger partial charge in [0.25, 0.3) is 0 Å². The SMILES string of the molecule is Cc1oc(=O)oc1COC(COc1ccc(CC2SC(=O)CC2=O)cc1)c1cccc(CO)c1. The highest BCUT2D eigenvalue weighted by Crippen LogP contribution is 2.29. The van der Waals surface area contributed by atoms with Crippen molar-refractivity contribution in [3.8, 4) is 5.75 Å². The topological polar surface area (TPSA) is 116 Å². The quantitative estimate of drug-likeness (QED) is 0.432. The van der Waals surface area contributed by atoms with Crippen LogP contribution in [0.2, 0.25) is 0 Å². The summed E-state index contributed by atoms with van der Waals surface area (Å²) in [7, 11) is 0. The molecule has 1 N–H and O–H groups in total. The Balaban J connectivity index is 1.42. The van der Waals surface area contributed by atoms with E-state index >= 15 is 0 Å². The lowest BCUT2D eigenvalue weighted by Crippen LogP contribution is -2.15. The molecule has 0 spiro atoms. The summed E-state index contributed by atoms with van der Waals surface area (Å²) in [6.45, 7) is 1.70. The van der Waals surface area contributed by atoms with Crippen molar-refractivity contribution in [2.45, 2.75) is 44.3 Å². The van der Waals surface area contributed by atoms with E-state index in [0.29, 0.717) is 23.7 Å². The van der Waals surface area contributed by atoms with Gasteiger partial charge >= 0.3 is 5.82 Å². The molecule has 1 saturated heterocycles. The molecule has 0 saturated carbocycles. The van der Waals surface area contributed by atoms with E-state index in [0.717, 1.165) is 28.5 Å². The summed E-state index contributed by atoms with van der Waals surface area (Å²) in [5, 5.41) is 9.09. The van der Waals surface area contributed by atoms with Gasteiger partial charge in [-0.2, -0.15) is 0 Å². The Morgan fingerprint density at radius 1 is 1.09 bits per heavy atom. The Morgan fingerprint density at radius 2 is 1.88 bits per heavy atom. The second kappa shape index (κ2) is 10.9. The normalized spacial score (nSPS) is 16.7. The van der Waals surface area contributed by atoms with E-state index in [-0.39, 0.29) is 42.4 Å². The van der Waals surface area contributed by atoms with Gasteiger partial charge in [-0.1, -0.05) is 48.2 Å². The largest absolute Gasteiger partial charge is 0.519 e. The number of aliphatic hydroxyl groups excluding tert-OH is 1. The maximum atomic E-state index is 11.9. The average Bonchev–Trinajstić information content (AvgIpc) is 3.33. The number of carbonyl (C=O) groups excluding carboxylic acids is 2. The van der Waals surface area contributed by atoms with Gasteiger partial charge in [-0.3, -0.25) is 9.59 Å². The van der Waals surface area contributed by atoms with Crippen LogP contribution in [0, 0.1) is 6.92 Å². The number of benzene rings is 2. The van der Waals surface area contributed by atoms with Crippen molar-refractivity contribution in [2.24, 2.45) is 0 Å². The minimum absolute atomic E-state index is 0.0111. The number of aryl methyl sites for hydroxylation is 1. The van der Waals surface area contributed by atoms with Gasteiger partial charge in [0.15, 0.2) is 16.7 Å². The number of aliphatic hydroxyl groups is 1. The first-order valence-electron chi connectivity index (χ1n) is 10.8. The summed E-state index contributed by atoms with van der Waals surface area (Å²) >= 11 is 1.11. The number of hydrogen-bond donors (Lipinski definition) is 1. The third-order valence-electron chi connectivity index (χ3n) is 5.45. The molecule has 34 heavy (non-hydrogen) atoms. The highest BCUT2D eigenvalue weighted by molar-refractivity contribution is 8.15. The van der Waals surface area contributed by atoms with Crippen LogP contribution in [0.25, 0.3) is 0 Å². The Kier molecular flexibility index (Phi) is 7.66. The van der Waals surface area contributed by atoms with Crippen molar-refractivity contribution in [3.05, 3.63) is 87.4 Å². The van der Waals surface area contributed by atoms with Crippen molar-refractivity contribution >= 4 is 22.7 Å². The summed E-state index contributed by atoms with van der Waals surface area (Å²) in [4.78, 5) is 34.6. The van der Waals surface area contributed by atoms with E-state index in [9.17, 15) is 19.5 Å². The molecule has 178 valence electrons.